The fourth-order valence-corrected chi connectivity index (χ4v) is 4.66. The van der Waals surface area contributed by atoms with Crippen LogP contribution in [0.15, 0.2) is 59.5 Å². The Balaban J connectivity index is 2.23. The molecule has 36 heavy (non-hydrogen) atoms. The first-order valence-electron chi connectivity index (χ1n) is 13.7. The molecule has 0 aliphatic carbocycles. The van der Waals surface area contributed by atoms with Crippen LogP contribution in [-0.4, -0.2) is 28.2 Å². The Labute approximate surface area is 219 Å². The molecule has 0 unspecified atom stereocenters. The van der Waals surface area contributed by atoms with E-state index >= 15 is 4.39 Å². The van der Waals surface area contributed by atoms with Gasteiger partial charge in [-0.15, -0.1) is 0 Å². The van der Waals surface area contributed by atoms with Gasteiger partial charge in [0.25, 0.3) is 0 Å². The molecule has 4 heteroatoms. The number of aryl methyl sites for hydroxylation is 3. The van der Waals surface area contributed by atoms with Gasteiger partial charge in [0.1, 0.15) is 5.82 Å². The molecule has 0 saturated carbocycles. The van der Waals surface area contributed by atoms with Crippen LogP contribution in [0.4, 0.5) is 4.39 Å². The van der Waals surface area contributed by atoms with Crippen LogP contribution < -0.4 is 0 Å². The minimum atomic E-state index is -0.135. The molecule has 1 aromatic carbocycles. The summed E-state index contributed by atoms with van der Waals surface area (Å²) in [7, 11) is 0. The summed E-state index contributed by atoms with van der Waals surface area (Å²) in [6, 6.07) is 8.38. The lowest BCUT2D eigenvalue weighted by atomic mass is 9.96. The van der Waals surface area contributed by atoms with Gasteiger partial charge in [0.15, 0.2) is 0 Å². The topological polar surface area (TPSA) is 28.5 Å². The Kier molecular flexibility index (Phi) is 12.6. The number of pyridine rings is 1. The van der Waals surface area contributed by atoms with Crippen molar-refractivity contribution in [3.63, 3.8) is 0 Å². The van der Waals surface area contributed by atoms with Gasteiger partial charge in [0, 0.05) is 48.5 Å². The quantitative estimate of drug-likeness (QED) is 0.248. The van der Waals surface area contributed by atoms with E-state index in [-0.39, 0.29) is 5.82 Å². The molecule has 3 nitrogen and oxygen atoms in total. The first kappa shape index (κ1) is 29.5. The SMILES string of the molecule is CC/C=C/N=C(\C=C(/C)N(CCC)C(CC)CC)CCc1cc(C)c(Cc2ccc(C)nc2)c(F)c1. The molecule has 1 aromatic heterocycles. The second-order valence-electron chi connectivity index (χ2n) is 9.72. The van der Waals surface area contributed by atoms with Crippen molar-refractivity contribution in [1.82, 2.24) is 9.88 Å². The van der Waals surface area contributed by atoms with E-state index in [4.69, 9.17) is 4.99 Å². The van der Waals surface area contributed by atoms with Gasteiger partial charge in [-0.2, -0.15) is 0 Å². The van der Waals surface area contributed by atoms with Crippen molar-refractivity contribution < 1.29 is 4.39 Å². The third-order valence-corrected chi connectivity index (χ3v) is 6.76. The highest BCUT2D eigenvalue weighted by Gasteiger charge is 2.15. The molecule has 196 valence electrons. The average molecular weight is 492 g/mol. The van der Waals surface area contributed by atoms with E-state index in [0.717, 1.165) is 78.7 Å². The Bertz CT molecular complexity index is 1010. The number of benzene rings is 1. The summed E-state index contributed by atoms with van der Waals surface area (Å²) in [4.78, 5) is 11.7. The number of hydrogen-bond acceptors (Lipinski definition) is 3. The molecule has 0 atom stereocenters. The van der Waals surface area contributed by atoms with Gasteiger partial charge in [-0.25, -0.2) is 4.39 Å². The summed E-state index contributed by atoms with van der Waals surface area (Å²) in [6.07, 6.45) is 14.5. The maximum atomic E-state index is 15.1. The summed E-state index contributed by atoms with van der Waals surface area (Å²) in [5, 5.41) is 0. The highest BCUT2D eigenvalue weighted by Crippen LogP contribution is 2.22. The van der Waals surface area contributed by atoms with Crippen LogP contribution in [0.3, 0.4) is 0 Å². The van der Waals surface area contributed by atoms with Crippen molar-refractivity contribution >= 4 is 5.71 Å². The zero-order chi connectivity index (χ0) is 26.5. The standard InChI is InChI=1S/C32H46FN3/c1-8-12-17-34-29(20-26(7)36(18-9-2)30(10-3)11-4)16-15-27-19-24(5)31(32(33)22-27)21-28-14-13-25(6)35-23-28/h12-14,17,19-20,22-23,30H,8-11,15-16,18,21H2,1-7H3/b17-12+,26-20+,34-29-. The van der Waals surface area contributed by atoms with Gasteiger partial charge in [-0.3, -0.25) is 9.98 Å². The van der Waals surface area contributed by atoms with Gasteiger partial charge in [-0.05, 0) is 99.8 Å². The summed E-state index contributed by atoms with van der Waals surface area (Å²) in [5.74, 6) is -0.135. The lowest BCUT2D eigenvalue weighted by Gasteiger charge is -2.33. The predicted molar refractivity (Wildman–Crippen MR) is 153 cm³/mol. The van der Waals surface area contributed by atoms with E-state index < -0.39 is 0 Å². The molecule has 1 heterocycles. The lowest BCUT2D eigenvalue weighted by molar-refractivity contribution is 0.240. The zero-order valence-corrected chi connectivity index (χ0v) is 23.6. The van der Waals surface area contributed by atoms with Gasteiger partial charge in [0.2, 0.25) is 0 Å². The molecule has 0 aliphatic heterocycles. The first-order valence-corrected chi connectivity index (χ1v) is 13.7. The first-order chi connectivity index (χ1) is 17.3. The molecule has 0 radical (unpaired) electrons. The molecule has 0 spiro atoms. The van der Waals surface area contributed by atoms with Crippen LogP contribution >= 0.6 is 0 Å². The number of aliphatic imine (C=N–C) groups is 1. The van der Waals surface area contributed by atoms with Crippen molar-refractivity contribution in [2.75, 3.05) is 6.54 Å². The second-order valence-corrected chi connectivity index (χ2v) is 9.72. The summed E-state index contributed by atoms with van der Waals surface area (Å²) >= 11 is 0. The highest BCUT2D eigenvalue weighted by molar-refractivity contribution is 5.96. The van der Waals surface area contributed by atoms with E-state index in [2.05, 4.69) is 62.7 Å². The number of rotatable bonds is 14. The molecule has 0 bridgehead atoms. The maximum Gasteiger partial charge on any atom is 0.127 e. The van der Waals surface area contributed by atoms with Crippen LogP contribution in [0, 0.1) is 19.7 Å². The number of allylic oxidation sites excluding steroid dienone is 3. The predicted octanol–water partition coefficient (Wildman–Crippen LogP) is 8.53. The monoisotopic (exact) mass is 491 g/mol. The summed E-state index contributed by atoms with van der Waals surface area (Å²) in [5.41, 5.74) is 7.06. The minimum Gasteiger partial charge on any atom is -0.372 e. The van der Waals surface area contributed by atoms with Crippen molar-refractivity contribution in [1.29, 1.82) is 0 Å². The van der Waals surface area contributed by atoms with Crippen molar-refractivity contribution in [3.05, 3.63) is 88.3 Å². The number of hydrogen-bond donors (Lipinski definition) is 0. The Morgan fingerprint density at radius 2 is 1.83 bits per heavy atom. The normalized spacial score (nSPS) is 12.7. The Morgan fingerprint density at radius 1 is 1.08 bits per heavy atom. The smallest absolute Gasteiger partial charge is 0.127 e. The molecule has 0 amide bonds. The molecule has 2 rings (SSSR count). The molecule has 0 fully saturated rings. The van der Waals surface area contributed by atoms with E-state index in [1.54, 1.807) is 6.07 Å². The maximum absolute atomic E-state index is 15.1. The fraction of sp³-hybridized carbons (Fsp3) is 0.500. The third-order valence-electron chi connectivity index (χ3n) is 6.76. The van der Waals surface area contributed by atoms with Crippen LogP contribution in [0.25, 0.3) is 0 Å². The second kappa shape index (κ2) is 15.4. The molecule has 0 aliphatic rings. The third kappa shape index (κ3) is 9.04. The molecular formula is C32H46FN3. The summed E-state index contributed by atoms with van der Waals surface area (Å²) in [6.45, 7) is 16.1. The molecule has 2 aromatic rings. The average Bonchev–Trinajstić information content (AvgIpc) is 2.86. The van der Waals surface area contributed by atoms with Crippen LogP contribution in [0.1, 0.15) is 94.7 Å². The van der Waals surface area contributed by atoms with E-state index in [1.165, 1.54) is 5.70 Å². The van der Waals surface area contributed by atoms with E-state index in [0.29, 0.717) is 12.5 Å². The van der Waals surface area contributed by atoms with Gasteiger partial charge in [-0.1, -0.05) is 45.9 Å². The minimum absolute atomic E-state index is 0.135. The summed E-state index contributed by atoms with van der Waals surface area (Å²) < 4.78 is 15.1. The van der Waals surface area contributed by atoms with E-state index in [1.807, 2.05) is 38.4 Å². The molecular weight excluding hydrogens is 445 g/mol. The van der Waals surface area contributed by atoms with Crippen molar-refractivity contribution in [2.24, 2.45) is 4.99 Å². The van der Waals surface area contributed by atoms with Crippen LogP contribution in [0.2, 0.25) is 0 Å². The van der Waals surface area contributed by atoms with Crippen molar-refractivity contribution in [2.45, 2.75) is 99.5 Å². The van der Waals surface area contributed by atoms with Crippen molar-refractivity contribution in [3.8, 4) is 0 Å². The highest BCUT2D eigenvalue weighted by atomic mass is 19.1. The van der Waals surface area contributed by atoms with Crippen LogP contribution in [-0.2, 0) is 12.8 Å². The number of nitrogens with zero attached hydrogens (tertiary/aromatic N) is 3. The number of aromatic nitrogens is 1. The van der Waals surface area contributed by atoms with Gasteiger partial charge < -0.3 is 4.90 Å². The fourth-order valence-electron chi connectivity index (χ4n) is 4.66. The molecule has 0 saturated heterocycles. The Morgan fingerprint density at radius 3 is 2.42 bits per heavy atom. The molecule has 0 N–H and O–H groups in total. The Hall–Kier alpha value is -2.75. The largest absolute Gasteiger partial charge is 0.372 e. The zero-order valence-electron chi connectivity index (χ0n) is 23.6. The van der Waals surface area contributed by atoms with Crippen LogP contribution in [0.5, 0.6) is 0 Å². The van der Waals surface area contributed by atoms with E-state index in [9.17, 15) is 0 Å². The lowest BCUT2D eigenvalue weighted by Crippen LogP contribution is -2.34. The van der Waals surface area contributed by atoms with Gasteiger partial charge >= 0.3 is 0 Å². The number of halogens is 1. The van der Waals surface area contributed by atoms with Gasteiger partial charge in [0.05, 0.1) is 0 Å².